The number of nitrogens with one attached hydrogen (secondary N) is 3. The van der Waals surface area contributed by atoms with E-state index in [2.05, 4.69) is 20.4 Å². The highest BCUT2D eigenvalue weighted by Gasteiger charge is 2.27. The van der Waals surface area contributed by atoms with E-state index in [9.17, 15) is 36.7 Å². The molecule has 0 aliphatic rings. The molecule has 0 bridgehead atoms. The number of aromatic nitrogens is 2. The van der Waals surface area contributed by atoms with Crippen LogP contribution in [0.1, 0.15) is 30.5 Å². The predicted octanol–water partition coefficient (Wildman–Crippen LogP) is 4.10. The van der Waals surface area contributed by atoms with Crippen molar-refractivity contribution in [3.63, 3.8) is 0 Å². The van der Waals surface area contributed by atoms with Gasteiger partial charge < -0.3 is 29.8 Å². The summed E-state index contributed by atoms with van der Waals surface area (Å²) >= 11 is 0. The second kappa shape index (κ2) is 13.8. The van der Waals surface area contributed by atoms with Gasteiger partial charge in [-0.3, -0.25) is 14.4 Å². The smallest absolute Gasteiger partial charge is 0.407 e. The van der Waals surface area contributed by atoms with Crippen LogP contribution < -0.4 is 16.2 Å². The number of methoxy groups -OCH3 is 1. The largest absolute Gasteiger partial charge is 0.453 e. The number of H-pyrrole nitrogens is 1. The molecule has 3 amide bonds. The minimum atomic E-state index is -4.40. The van der Waals surface area contributed by atoms with E-state index in [1.54, 1.807) is 20.2 Å². The quantitative estimate of drug-likeness (QED) is 0.228. The molecule has 2 aromatic heterocycles. The Labute approximate surface area is 238 Å². The normalized spacial score (nSPS) is 12.4. The van der Waals surface area contributed by atoms with E-state index in [1.165, 1.54) is 46.0 Å². The molecule has 0 aliphatic carbocycles. The number of aromatic amines is 1. The number of rotatable bonds is 11. The Morgan fingerprint density at radius 3 is 2.60 bits per heavy atom. The van der Waals surface area contributed by atoms with E-state index in [0.29, 0.717) is 16.6 Å². The third kappa shape index (κ3) is 8.94. The van der Waals surface area contributed by atoms with Gasteiger partial charge >= 0.3 is 12.3 Å². The maximum Gasteiger partial charge on any atom is 0.407 e. The van der Waals surface area contributed by atoms with Crippen LogP contribution in [0.2, 0.25) is 0 Å². The number of amides is 3. The number of fused-ring (bicyclic) bond motifs is 1. The highest BCUT2D eigenvalue weighted by molar-refractivity contribution is 5.96. The number of carbonyl (C=O) groups excluding carboxylic acids is 3. The van der Waals surface area contributed by atoms with E-state index in [4.69, 9.17) is 0 Å². The van der Waals surface area contributed by atoms with Crippen molar-refractivity contribution in [3.8, 4) is 0 Å². The summed E-state index contributed by atoms with van der Waals surface area (Å²) in [4.78, 5) is 54.0. The Morgan fingerprint density at radius 1 is 1.19 bits per heavy atom. The number of alkyl halides is 3. The molecule has 0 radical (unpaired) electrons. The number of likely N-dealkylation sites (N-methyl/N-ethyl adjacent to an activating group) is 1. The van der Waals surface area contributed by atoms with Gasteiger partial charge in [-0.2, -0.15) is 13.2 Å². The molecule has 1 atom stereocenters. The van der Waals surface area contributed by atoms with Crippen molar-refractivity contribution in [2.24, 2.45) is 0 Å². The van der Waals surface area contributed by atoms with Gasteiger partial charge in [0.25, 0.3) is 5.56 Å². The summed E-state index contributed by atoms with van der Waals surface area (Å²) < 4.78 is 58.2. The molecule has 3 N–H and O–H groups in total. The average molecular weight is 594 g/mol. The first-order chi connectivity index (χ1) is 19.8. The molecule has 3 aromatic rings. The first-order valence-corrected chi connectivity index (χ1v) is 12.9. The zero-order chi connectivity index (χ0) is 31.0. The monoisotopic (exact) mass is 593 g/mol. The average Bonchev–Trinajstić information content (AvgIpc) is 3.32. The molecular weight excluding hydrogens is 562 g/mol. The van der Waals surface area contributed by atoms with Crippen LogP contribution >= 0.6 is 0 Å². The van der Waals surface area contributed by atoms with Gasteiger partial charge in [0.1, 0.15) is 17.5 Å². The maximum absolute atomic E-state index is 14.1. The lowest BCUT2D eigenvalue weighted by Crippen LogP contribution is -2.44. The third-order valence-corrected chi connectivity index (χ3v) is 6.24. The molecule has 1 unspecified atom stereocenters. The Hall–Kier alpha value is -4.62. The van der Waals surface area contributed by atoms with Crippen LogP contribution in [0.25, 0.3) is 10.9 Å². The van der Waals surface area contributed by atoms with Crippen LogP contribution in [0.3, 0.4) is 0 Å². The molecule has 0 saturated heterocycles. The topological polar surface area (TPSA) is 126 Å². The summed E-state index contributed by atoms with van der Waals surface area (Å²) in [5.41, 5.74) is 0.240. The fourth-order valence-electron chi connectivity index (χ4n) is 4.12. The summed E-state index contributed by atoms with van der Waals surface area (Å²) in [5.74, 6) is -1.63. The summed E-state index contributed by atoms with van der Waals surface area (Å²) in [5, 5.41) is 5.26. The first kappa shape index (κ1) is 31.9. The summed E-state index contributed by atoms with van der Waals surface area (Å²) in [6.07, 6.45) is -2.10. The Morgan fingerprint density at radius 2 is 1.93 bits per heavy atom. The summed E-state index contributed by atoms with van der Waals surface area (Å²) in [6.45, 7) is -0.0495. The van der Waals surface area contributed by atoms with Gasteiger partial charge in [0.2, 0.25) is 11.8 Å². The molecule has 14 heteroatoms. The van der Waals surface area contributed by atoms with Gasteiger partial charge in [0.05, 0.1) is 13.7 Å². The molecule has 42 heavy (non-hydrogen) atoms. The van der Waals surface area contributed by atoms with Gasteiger partial charge in [0.15, 0.2) is 0 Å². The lowest BCUT2D eigenvalue weighted by Gasteiger charge is -2.17. The van der Waals surface area contributed by atoms with Gasteiger partial charge in [-0.15, -0.1) is 0 Å². The van der Waals surface area contributed by atoms with Gasteiger partial charge in [0, 0.05) is 43.3 Å². The highest BCUT2D eigenvalue weighted by atomic mass is 19.4. The van der Waals surface area contributed by atoms with Crippen molar-refractivity contribution in [1.82, 2.24) is 19.8 Å². The lowest BCUT2D eigenvalue weighted by atomic mass is 10.1. The Bertz CT molecular complexity index is 1530. The van der Waals surface area contributed by atoms with Crippen molar-refractivity contribution >= 4 is 34.5 Å². The van der Waals surface area contributed by atoms with Crippen molar-refractivity contribution in [3.05, 3.63) is 76.1 Å². The minimum Gasteiger partial charge on any atom is -0.453 e. The fourth-order valence-corrected chi connectivity index (χ4v) is 4.12. The van der Waals surface area contributed by atoms with Crippen LogP contribution in [-0.2, 0) is 27.3 Å². The molecule has 1 aromatic carbocycles. The molecule has 2 heterocycles. The number of alkyl carbamates (subject to hydrolysis) is 1. The zero-order valence-electron chi connectivity index (χ0n) is 23.2. The van der Waals surface area contributed by atoms with E-state index in [1.807, 2.05) is 0 Å². The maximum atomic E-state index is 14.1. The van der Waals surface area contributed by atoms with E-state index in [0.717, 1.165) is 13.2 Å². The lowest BCUT2D eigenvalue weighted by molar-refractivity contribution is -0.134. The van der Waals surface area contributed by atoms with Crippen molar-refractivity contribution in [1.29, 1.82) is 0 Å². The van der Waals surface area contributed by atoms with Crippen LogP contribution in [0.5, 0.6) is 0 Å². The minimum absolute atomic E-state index is 0.0495. The number of halogens is 4. The molecular formula is C28H31F4N5O5. The second-order valence-corrected chi connectivity index (χ2v) is 9.68. The van der Waals surface area contributed by atoms with Crippen molar-refractivity contribution in [2.75, 3.05) is 26.5 Å². The van der Waals surface area contributed by atoms with Crippen LogP contribution in [0.4, 0.5) is 28.0 Å². The third-order valence-electron chi connectivity index (χ3n) is 6.24. The number of hydrogen-bond donors (Lipinski definition) is 3. The van der Waals surface area contributed by atoms with Crippen molar-refractivity contribution in [2.45, 2.75) is 44.4 Å². The van der Waals surface area contributed by atoms with E-state index in [-0.39, 0.29) is 36.5 Å². The molecule has 0 aliphatic heterocycles. The number of nitrogens with zero attached hydrogens (tertiary/aromatic N) is 2. The van der Waals surface area contributed by atoms with Gasteiger partial charge in [-0.05, 0) is 61.2 Å². The van der Waals surface area contributed by atoms with Gasteiger partial charge in [-0.25, -0.2) is 9.18 Å². The number of benzene rings is 1. The van der Waals surface area contributed by atoms with E-state index < -0.39 is 48.4 Å². The summed E-state index contributed by atoms with van der Waals surface area (Å²) in [7, 11) is 4.30. The number of ether oxygens (including phenoxy) is 1. The zero-order valence-corrected chi connectivity index (χ0v) is 23.2. The SMILES string of the molecule is COC(=O)NC(CC/C=C/C(=O)N(C)C)C(=O)Nc1cccn(Cc2cc3cc(F)cc(CCC(F)(F)F)c3[nH]2)c1=O. The standard InChI is InChI=1S/C28H31F4N5O5/c1-36(2)23(38)9-5-4-7-21(35-27(41)42-3)25(39)34-22-8-6-12-37(26(22)40)16-20-15-18-14-19(29)13-17(24(18)33-20)10-11-28(30,31)32/h5-6,8-9,12-15,21,33H,4,7,10-11,16H2,1-3H3,(H,34,39)(H,35,41)/b9-5+. The molecule has 226 valence electrons. The summed E-state index contributed by atoms with van der Waals surface area (Å²) in [6, 6.07) is 5.56. The van der Waals surface area contributed by atoms with Crippen LogP contribution in [0.15, 0.2) is 53.5 Å². The number of allylic oxidation sites excluding steroid dienone is 1. The molecule has 10 nitrogen and oxygen atoms in total. The number of carbonyl (C=O) groups is 3. The first-order valence-electron chi connectivity index (χ1n) is 12.9. The Kier molecular flexibility index (Phi) is 10.5. The molecule has 0 saturated carbocycles. The number of anilines is 1. The second-order valence-electron chi connectivity index (χ2n) is 9.68. The number of pyridine rings is 1. The number of aryl methyl sites for hydroxylation is 1. The molecule has 0 fully saturated rings. The van der Waals surface area contributed by atoms with Crippen LogP contribution in [-0.4, -0.2) is 65.8 Å². The highest BCUT2D eigenvalue weighted by Crippen LogP contribution is 2.27. The van der Waals surface area contributed by atoms with Gasteiger partial charge in [-0.1, -0.05) is 6.08 Å². The van der Waals surface area contributed by atoms with Crippen LogP contribution in [0, 0.1) is 5.82 Å². The molecule has 0 spiro atoms. The predicted molar refractivity (Wildman–Crippen MR) is 147 cm³/mol. The molecule has 3 rings (SSSR count). The van der Waals surface area contributed by atoms with Crippen molar-refractivity contribution < 1.29 is 36.7 Å². The number of hydrogen-bond acceptors (Lipinski definition) is 5. The fraction of sp³-hybridized carbons (Fsp3) is 0.357. The van der Waals surface area contributed by atoms with E-state index >= 15 is 0 Å². The Balaban J connectivity index is 1.78.